The summed E-state index contributed by atoms with van der Waals surface area (Å²) in [5, 5.41) is 11.3. The maximum atomic E-state index is 13.2. The predicted molar refractivity (Wildman–Crippen MR) is 140 cm³/mol. The molecule has 6 heteroatoms. The van der Waals surface area contributed by atoms with Gasteiger partial charge in [-0.3, -0.25) is 9.59 Å². The highest BCUT2D eigenvalue weighted by atomic mass is 16.5. The van der Waals surface area contributed by atoms with Crippen LogP contribution in [0.1, 0.15) is 63.3 Å². The Morgan fingerprint density at radius 3 is 2.20 bits per heavy atom. The second-order valence-electron chi connectivity index (χ2n) is 10.4. The Bertz CT molecular complexity index is 1060. The molecule has 2 aromatic carbocycles. The highest BCUT2D eigenvalue weighted by molar-refractivity contribution is 6.46. The van der Waals surface area contributed by atoms with E-state index < -0.39 is 17.7 Å². The second-order valence-corrected chi connectivity index (χ2v) is 10.4. The maximum absolute atomic E-state index is 13.2. The van der Waals surface area contributed by atoms with E-state index in [1.807, 2.05) is 50.2 Å². The van der Waals surface area contributed by atoms with Gasteiger partial charge in [0.25, 0.3) is 11.7 Å². The molecule has 1 amide bonds. The first-order valence-corrected chi connectivity index (χ1v) is 12.3. The van der Waals surface area contributed by atoms with Crippen molar-refractivity contribution in [3.63, 3.8) is 0 Å². The molecule has 1 aliphatic rings. The van der Waals surface area contributed by atoms with Gasteiger partial charge in [0.2, 0.25) is 0 Å². The highest BCUT2D eigenvalue weighted by Crippen LogP contribution is 2.40. The Hall–Kier alpha value is -3.12. The van der Waals surface area contributed by atoms with Crippen LogP contribution in [0.2, 0.25) is 0 Å². The van der Waals surface area contributed by atoms with Gasteiger partial charge in [-0.05, 0) is 74.3 Å². The van der Waals surface area contributed by atoms with Gasteiger partial charge >= 0.3 is 0 Å². The first kappa shape index (κ1) is 26.5. The lowest BCUT2D eigenvalue weighted by atomic mass is 9.85. The molecule has 188 valence electrons. The molecule has 35 heavy (non-hydrogen) atoms. The number of Topliss-reactive ketones (excluding diaryl/α,β-unsaturated/α-hetero) is 1. The molecule has 0 spiro atoms. The third-order valence-corrected chi connectivity index (χ3v) is 6.24. The van der Waals surface area contributed by atoms with Gasteiger partial charge in [0.15, 0.2) is 0 Å². The zero-order chi connectivity index (χ0) is 25.8. The van der Waals surface area contributed by atoms with Gasteiger partial charge in [-0.15, -0.1) is 0 Å². The Morgan fingerprint density at radius 2 is 1.66 bits per heavy atom. The van der Waals surface area contributed by atoms with Crippen LogP contribution in [0.25, 0.3) is 5.76 Å². The first-order chi connectivity index (χ1) is 16.5. The van der Waals surface area contributed by atoms with Crippen LogP contribution in [-0.4, -0.2) is 60.4 Å². The van der Waals surface area contributed by atoms with Crippen molar-refractivity contribution in [2.75, 3.05) is 33.8 Å². The Labute approximate surface area is 209 Å². The summed E-state index contributed by atoms with van der Waals surface area (Å²) < 4.78 is 5.63. The average Bonchev–Trinajstić information content (AvgIpc) is 3.07. The first-order valence-electron chi connectivity index (χ1n) is 12.3. The monoisotopic (exact) mass is 478 g/mol. The number of ether oxygens (including phenoxy) is 1. The molecular formula is C29H38N2O4. The van der Waals surface area contributed by atoms with Gasteiger partial charge in [-0.1, -0.05) is 52.0 Å². The third-order valence-electron chi connectivity index (χ3n) is 6.24. The number of hydrogen-bond acceptors (Lipinski definition) is 5. The van der Waals surface area contributed by atoms with E-state index in [0.717, 1.165) is 30.5 Å². The van der Waals surface area contributed by atoms with Crippen LogP contribution in [-0.2, 0) is 15.0 Å². The minimum absolute atomic E-state index is 0.0202. The normalized spacial score (nSPS) is 17.9. The molecule has 1 atom stereocenters. The van der Waals surface area contributed by atoms with Crippen LogP contribution < -0.4 is 4.74 Å². The lowest BCUT2D eigenvalue weighted by Crippen LogP contribution is -2.32. The van der Waals surface area contributed by atoms with Crippen molar-refractivity contribution < 1.29 is 19.4 Å². The molecule has 2 aromatic rings. The molecule has 6 nitrogen and oxygen atoms in total. The lowest BCUT2D eigenvalue weighted by Gasteiger charge is -2.27. The topological polar surface area (TPSA) is 70.1 Å². The molecule has 0 saturated carbocycles. The summed E-state index contributed by atoms with van der Waals surface area (Å²) in [5.41, 5.74) is 2.57. The molecule has 0 unspecified atom stereocenters. The molecule has 1 heterocycles. The summed E-state index contributed by atoms with van der Waals surface area (Å²) in [5.74, 6) is -0.686. The van der Waals surface area contributed by atoms with E-state index in [1.165, 1.54) is 0 Å². The minimum Gasteiger partial charge on any atom is -0.507 e. The quantitative estimate of drug-likeness (QED) is 0.307. The van der Waals surface area contributed by atoms with Crippen molar-refractivity contribution >= 4 is 17.4 Å². The fourth-order valence-electron chi connectivity index (χ4n) is 4.26. The number of amides is 1. The van der Waals surface area contributed by atoms with Crippen molar-refractivity contribution in [1.82, 2.24) is 9.80 Å². The smallest absolute Gasteiger partial charge is 0.295 e. The fraction of sp³-hybridized carbons (Fsp3) is 0.448. The summed E-state index contributed by atoms with van der Waals surface area (Å²) in [6.45, 7) is 10.3. The van der Waals surface area contributed by atoms with Gasteiger partial charge in [0.05, 0.1) is 18.2 Å². The number of carbonyl (C=O) groups excluding carboxylic acids is 2. The van der Waals surface area contributed by atoms with Gasteiger partial charge in [0.1, 0.15) is 11.5 Å². The number of hydrogen-bond donors (Lipinski definition) is 1. The number of aliphatic hydroxyl groups is 1. The van der Waals surface area contributed by atoms with Gasteiger partial charge in [0, 0.05) is 12.1 Å². The molecular weight excluding hydrogens is 440 g/mol. The molecule has 1 fully saturated rings. The molecule has 0 bridgehead atoms. The number of ketones is 1. The third kappa shape index (κ3) is 6.12. The molecule has 1 aliphatic heterocycles. The van der Waals surface area contributed by atoms with E-state index in [9.17, 15) is 14.7 Å². The van der Waals surface area contributed by atoms with Gasteiger partial charge in [-0.25, -0.2) is 0 Å². The highest BCUT2D eigenvalue weighted by Gasteiger charge is 2.45. The number of rotatable bonds is 9. The van der Waals surface area contributed by atoms with E-state index in [2.05, 4.69) is 20.8 Å². The molecule has 3 rings (SSSR count). The van der Waals surface area contributed by atoms with E-state index in [1.54, 1.807) is 29.2 Å². The standard InChI is InChI=1S/C29H38N2O4/c1-7-19-35-23-15-11-21(12-16-23)26(32)24-25(20-9-13-22(14-10-20)29(2,3)4)31(28(34)27(24)33)18-8-17-30(5)6/h9-16,25,32H,7-8,17-19H2,1-6H3/b26-24+/t25-/m1/s1. The van der Waals surface area contributed by atoms with Crippen LogP contribution in [0.15, 0.2) is 54.1 Å². The van der Waals surface area contributed by atoms with Crippen LogP contribution in [0.3, 0.4) is 0 Å². The number of benzene rings is 2. The minimum atomic E-state index is -0.649. The molecule has 0 radical (unpaired) electrons. The summed E-state index contributed by atoms with van der Waals surface area (Å²) in [4.78, 5) is 30.0. The largest absolute Gasteiger partial charge is 0.507 e. The Balaban J connectivity index is 2.04. The van der Waals surface area contributed by atoms with Crippen molar-refractivity contribution in [2.45, 2.75) is 52.0 Å². The van der Waals surface area contributed by atoms with Crippen molar-refractivity contribution in [1.29, 1.82) is 0 Å². The molecule has 1 N–H and O–H groups in total. The van der Waals surface area contributed by atoms with Crippen molar-refractivity contribution in [3.8, 4) is 5.75 Å². The fourth-order valence-corrected chi connectivity index (χ4v) is 4.26. The average molecular weight is 479 g/mol. The van der Waals surface area contributed by atoms with Crippen molar-refractivity contribution in [3.05, 3.63) is 70.8 Å². The summed E-state index contributed by atoms with van der Waals surface area (Å²) in [7, 11) is 3.95. The van der Waals surface area contributed by atoms with Gasteiger partial charge in [-0.2, -0.15) is 0 Å². The van der Waals surface area contributed by atoms with E-state index in [-0.39, 0.29) is 16.7 Å². The van der Waals surface area contributed by atoms with Crippen LogP contribution in [0.5, 0.6) is 5.75 Å². The van der Waals surface area contributed by atoms with Crippen molar-refractivity contribution in [2.24, 2.45) is 0 Å². The zero-order valence-corrected chi connectivity index (χ0v) is 21.8. The maximum Gasteiger partial charge on any atom is 0.295 e. The predicted octanol–water partition coefficient (Wildman–Crippen LogP) is 5.15. The summed E-state index contributed by atoms with van der Waals surface area (Å²) in [6.07, 6.45) is 1.62. The van der Waals surface area contributed by atoms with E-state index >= 15 is 0 Å². The molecule has 0 aliphatic carbocycles. The number of carbonyl (C=O) groups is 2. The number of likely N-dealkylation sites (tertiary alicyclic amines) is 1. The zero-order valence-electron chi connectivity index (χ0n) is 21.8. The Kier molecular flexibility index (Phi) is 8.39. The molecule has 1 saturated heterocycles. The molecule has 0 aromatic heterocycles. The van der Waals surface area contributed by atoms with Crippen LogP contribution >= 0.6 is 0 Å². The lowest BCUT2D eigenvalue weighted by molar-refractivity contribution is -0.139. The summed E-state index contributed by atoms with van der Waals surface area (Å²) >= 11 is 0. The van der Waals surface area contributed by atoms with E-state index in [4.69, 9.17) is 4.74 Å². The number of nitrogens with zero attached hydrogens (tertiary/aromatic N) is 2. The Morgan fingerprint density at radius 1 is 1.03 bits per heavy atom. The number of aliphatic hydroxyl groups excluding tert-OH is 1. The van der Waals surface area contributed by atoms with Crippen LogP contribution in [0.4, 0.5) is 0 Å². The van der Waals surface area contributed by atoms with Crippen LogP contribution in [0, 0.1) is 0 Å². The summed E-state index contributed by atoms with van der Waals surface area (Å²) in [6, 6.07) is 14.3. The SMILES string of the molecule is CCCOc1ccc(/C(O)=C2\C(=O)C(=O)N(CCCN(C)C)[C@@H]2c2ccc(C(C)(C)C)cc2)cc1. The van der Waals surface area contributed by atoms with E-state index in [0.29, 0.717) is 24.5 Å². The van der Waals surface area contributed by atoms with Gasteiger partial charge < -0.3 is 19.6 Å². The second kappa shape index (κ2) is 11.1.